The molecule has 29 heavy (non-hydrogen) atoms. The number of carbonyl (C=O) groups excluding carboxylic acids is 1. The summed E-state index contributed by atoms with van der Waals surface area (Å²) in [5.41, 5.74) is 2.77. The SMILES string of the molecule is Cc1ccc(NC(=O)CN(C)C(C)c2ccc(-n3cncn3)cc2)c([N+](=O)[O-])c1. The number of nitro benzene ring substituents is 1. The molecule has 1 aromatic heterocycles. The van der Waals surface area contributed by atoms with Gasteiger partial charge in [-0.2, -0.15) is 5.10 Å². The maximum atomic E-state index is 12.4. The van der Waals surface area contributed by atoms with Crippen molar-refractivity contribution in [3.8, 4) is 5.69 Å². The summed E-state index contributed by atoms with van der Waals surface area (Å²) in [7, 11) is 1.83. The van der Waals surface area contributed by atoms with Gasteiger partial charge in [-0.3, -0.25) is 19.8 Å². The van der Waals surface area contributed by atoms with E-state index in [9.17, 15) is 14.9 Å². The predicted molar refractivity (Wildman–Crippen MR) is 109 cm³/mol. The fourth-order valence-electron chi connectivity index (χ4n) is 2.95. The fraction of sp³-hybridized carbons (Fsp3) is 0.250. The summed E-state index contributed by atoms with van der Waals surface area (Å²) in [6.45, 7) is 3.85. The van der Waals surface area contributed by atoms with E-state index in [2.05, 4.69) is 15.4 Å². The lowest BCUT2D eigenvalue weighted by atomic mass is 10.1. The maximum absolute atomic E-state index is 12.4. The maximum Gasteiger partial charge on any atom is 0.293 e. The van der Waals surface area contributed by atoms with Gasteiger partial charge in [-0.05, 0) is 50.2 Å². The van der Waals surface area contributed by atoms with Crippen LogP contribution in [-0.4, -0.2) is 44.1 Å². The lowest BCUT2D eigenvalue weighted by Gasteiger charge is -2.24. The number of benzene rings is 2. The second kappa shape index (κ2) is 8.61. The van der Waals surface area contributed by atoms with E-state index in [1.807, 2.05) is 43.1 Å². The van der Waals surface area contributed by atoms with Crippen molar-refractivity contribution in [1.82, 2.24) is 19.7 Å². The zero-order valence-corrected chi connectivity index (χ0v) is 16.4. The summed E-state index contributed by atoms with van der Waals surface area (Å²) in [5, 5.41) is 18.0. The van der Waals surface area contributed by atoms with Crippen molar-refractivity contribution in [3.63, 3.8) is 0 Å². The molecule has 0 bridgehead atoms. The zero-order chi connectivity index (χ0) is 21.0. The number of rotatable bonds is 7. The van der Waals surface area contributed by atoms with E-state index in [0.29, 0.717) is 0 Å². The van der Waals surface area contributed by atoms with Crippen molar-refractivity contribution >= 4 is 17.3 Å². The highest BCUT2D eigenvalue weighted by atomic mass is 16.6. The summed E-state index contributed by atoms with van der Waals surface area (Å²) in [6, 6.07) is 12.5. The number of nitrogens with zero attached hydrogens (tertiary/aromatic N) is 5. The molecule has 0 aliphatic carbocycles. The number of nitro groups is 1. The average molecular weight is 394 g/mol. The first-order valence-electron chi connectivity index (χ1n) is 9.05. The minimum Gasteiger partial charge on any atom is -0.319 e. The van der Waals surface area contributed by atoms with Crippen LogP contribution in [0.25, 0.3) is 5.69 Å². The number of nitrogens with one attached hydrogen (secondary N) is 1. The summed E-state index contributed by atoms with van der Waals surface area (Å²) >= 11 is 0. The van der Waals surface area contributed by atoms with Gasteiger partial charge in [-0.15, -0.1) is 0 Å². The second-order valence-corrected chi connectivity index (χ2v) is 6.85. The quantitative estimate of drug-likeness (QED) is 0.487. The Morgan fingerprint density at radius 1 is 1.28 bits per heavy atom. The molecule has 9 nitrogen and oxygen atoms in total. The van der Waals surface area contributed by atoms with E-state index in [-0.39, 0.29) is 29.9 Å². The Hall–Kier alpha value is -3.59. The molecule has 0 aliphatic heterocycles. The summed E-state index contributed by atoms with van der Waals surface area (Å²) in [5.74, 6) is -0.314. The minimum absolute atomic E-state index is 0.0291. The number of carbonyl (C=O) groups is 1. The molecule has 3 aromatic rings. The number of amides is 1. The van der Waals surface area contributed by atoms with Gasteiger partial charge in [-0.25, -0.2) is 9.67 Å². The van der Waals surface area contributed by atoms with Crippen molar-refractivity contribution in [3.05, 3.63) is 76.4 Å². The highest BCUT2D eigenvalue weighted by Crippen LogP contribution is 2.26. The first kappa shape index (κ1) is 20.2. The monoisotopic (exact) mass is 394 g/mol. The van der Waals surface area contributed by atoms with Gasteiger partial charge in [-0.1, -0.05) is 18.2 Å². The lowest BCUT2D eigenvalue weighted by molar-refractivity contribution is -0.384. The standard InChI is InChI=1S/C20H22N6O3/c1-14-4-9-18(19(10-14)26(28)29)23-20(27)11-24(3)15(2)16-5-7-17(8-6-16)25-13-21-12-22-25/h4-10,12-13,15H,11H2,1-3H3,(H,23,27). The molecule has 3 rings (SSSR count). The van der Waals surface area contributed by atoms with Crippen molar-refractivity contribution in [1.29, 1.82) is 0 Å². The molecule has 0 fully saturated rings. The zero-order valence-electron chi connectivity index (χ0n) is 16.4. The number of hydrogen-bond acceptors (Lipinski definition) is 6. The Morgan fingerprint density at radius 2 is 2.00 bits per heavy atom. The molecule has 0 saturated carbocycles. The van der Waals surface area contributed by atoms with Crippen molar-refractivity contribution in [2.24, 2.45) is 0 Å². The van der Waals surface area contributed by atoms with Gasteiger partial charge >= 0.3 is 0 Å². The highest BCUT2D eigenvalue weighted by molar-refractivity contribution is 5.94. The number of aromatic nitrogens is 3. The van der Waals surface area contributed by atoms with Crippen LogP contribution in [0.5, 0.6) is 0 Å². The van der Waals surface area contributed by atoms with Gasteiger partial charge < -0.3 is 5.32 Å². The molecular weight excluding hydrogens is 372 g/mol. The van der Waals surface area contributed by atoms with Gasteiger partial charge in [0.15, 0.2) is 0 Å². The van der Waals surface area contributed by atoms with Crippen LogP contribution in [0.4, 0.5) is 11.4 Å². The Labute approximate surface area is 168 Å². The highest BCUT2D eigenvalue weighted by Gasteiger charge is 2.19. The molecule has 1 unspecified atom stereocenters. The Balaban J connectivity index is 1.64. The van der Waals surface area contributed by atoms with Crippen LogP contribution >= 0.6 is 0 Å². The van der Waals surface area contributed by atoms with E-state index in [1.54, 1.807) is 30.1 Å². The first-order valence-corrected chi connectivity index (χ1v) is 9.05. The van der Waals surface area contributed by atoms with E-state index in [4.69, 9.17) is 0 Å². The van der Waals surface area contributed by atoms with E-state index in [1.165, 1.54) is 12.4 Å². The van der Waals surface area contributed by atoms with E-state index in [0.717, 1.165) is 16.8 Å². The summed E-state index contributed by atoms with van der Waals surface area (Å²) in [4.78, 5) is 29.0. The average Bonchev–Trinajstić information content (AvgIpc) is 3.23. The van der Waals surface area contributed by atoms with Gasteiger partial charge in [0.2, 0.25) is 5.91 Å². The molecule has 9 heteroatoms. The third-order valence-electron chi connectivity index (χ3n) is 4.74. The van der Waals surface area contributed by atoms with Crippen LogP contribution in [0.15, 0.2) is 55.1 Å². The summed E-state index contributed by atoms with van der Waals surface area (Å²) < 4.78 is 1.67. The van der Waals surface area contributed by atoms with Crippen LogP contribution in [0.2, 0.25) is 0 Å². The number of hydrogen-bond donors (Lipinski definition) is 1. The molecule has 0 aliphatic rings. The topological polar surface area (TPSA) is 106 Å². The van der Waals surface area contributed by atoms with Crippen LogP contribution < -0.4 is 5.32 Å². The van der Waals surface area contributed by atoms with Crippen LogP contribution in [0.3, 0.4) is 0 Å². The smallest absolute Gasteiger partial charge is 0.293 e. The minimum atomic E-state index is -0.494. The van der Waals surface area contributed by atoms with Crippen LogP contribution in [0.1, 0.15) is 24.1 Å². The Bertz CT molecular complexity index is 1000. The van der Waals surface area contributed by atoms with Gasteiger partial charge in [0.05, 0.1) is 17.2 Å². The predicted octanol–water partition coefficient (Wildman–Crippen LogP) is 3.12. The number of aryl methyl sites for hydroxylation is 1. The molecule has 150 valence electrons. The van der Waals surface area contributed by atoms with E-state index < -0.39 is 4.92 Å². The molecule has 0 spiro atoms. The van der Waals surface area contributed by atoms with Gasteiger partial charge in [0.25, 0.3) is 5.69 Å². The lowest BCUT2D eigenvalue weighted by Crippen LogP contribution is -2.32. The number of likely N-dealkylation sites (N-methyl/N-ethyl adjacent to an activating group) is 1. The summed E-state index contributed by atoms with van der Waals surface area (Å²) in [6.07, 6.45) is 3.10. The van der Waals surface area contributed by atoms with Gasteiger partial charge in [0, 0.05) is 12.1 Å². The van der Waals surface area contributed by atoms with Crippen molar-refractivity contribution in [2.75, 3.05) is 18.9 Å². The Morgan fingerprint density at radius 3 is 2.62 bits per heavy atom. The number of anilines is 1. The van der Waals surface area contributed by atoms with Crippen molar-refractivity contribution in [2.45, 2.75) is 19.9 Å². The molecule has 1 N–H and O–H groups in total. The first-order chi connectivity index (χ1) is 13.8. The second-order valence-electron chi connectivity index (χ2n) is 6.85. The third-order valence-corrected chi connectivity index (χ3v) is 4.74. The third kappa shape index (κ3) is 4.82. The normalized spacial score (nSPS) is 12.0. The van der Waals surface area contributed by atoms with Gasteiger partial charge in [0.1, 0.15) is 18.3 Å². The largest absolute Gasteiger partial charge is 0.319 e. The molecule has 1 heterocycles. The molecule has 1 atom stereocenters. The van der Waals surface area contributed by atoms with Crippen LogP contribution in [-0.2, 0) is 4.79 Å². The van der Waals surface area contributed by atoms with E-state index >= 15 is 0 Å². The molecule has 0 radical (unpaired) electrons. The molecule has 2 aromatic carbocycles. The van der Waals surface area contributed by atoms with Crippen LogP contribution in [0, 0.1) is 17.0 Å². The fourth-order valence-corrected chi connectivity index (χ4v) is 2.95. The molecular formula is C20H22N6O3. The molecule has 1 amide bonds. The molecule has 0 saturated heterocycles. The van der Waals surface area contributed by atoms with Crippen molar-refractivity contribution < 1.29 is 9.72 Å². The Kier molecular flexibility index (Phi) is 5.99.